The zero-order chi connectivity index (χ0) is 13.0. The molecule has 0 fully saturated rings. The van der Waals surface area contributed by atoms with Gasteiger partial charge in [-0.2, -0.15) is 0 Å². The third kappa shape index (κ3) is 2.94. The number of aromatic amines is 1. The Hall–Kier alpha value is -2.17. The van der Waals surface area contributed by atoms with E-state index in [1.54, 1.807) is 18.2 Å². The third-order valence-corrected chi connectivity index (χ3v) is 2.53. The quantitative estimate of drug-likeness (QED) is 0.654. The van der Waals surface area contributed by atoms with Crippen LogP contribution in [0.2, 0.25) is 0 Å². The molecule has 2 aromatic rings. The Morgan fingerprint density at radius 2 is 2.17 bits per heavy atom. The number of carbonyl (C=O) groups excluding carboxylic acids is 1. The lowest BCUT2D eigenvalue weighted by Gasteiger charge is -2.03. The molecule has 0 aliphatic rings. The number of esters is 1. The van der Waals surface area contributed by atoms with Crippen LogP contribution in [-0.4, -0.2) is 22.5 Å². The van der Waals surface area contributed by atoms with Crippen LogP contribution < -0.4 is 5.56 Å². The Balaban J connectivity index is 2.10. The highest BCUT2D eigenvalue weighted by Gasteiger charge is 2.03. The van der Waals surface area contributed by atoms with Crippen molar-refractivity contribution < 1.29 is 9.53 Å². The summed E-state index contributed by atoms with van der Waals surface area (Å²) in [5, 5.41) is 0.584. The first-order valence-corrected chi connectivity index (χ1v) is 5.78. The molecule has 1 N–H and O–H groups in total. The maximum absolute atomic E-state index is 11.8. The van der Waals surface area contributed by atoms with Crippen LogP contribution in [0.4, 0.5) is 0 Å². The molecule has 0 unspecified atom stereocenters. The Bertz CT molecular complexity index is 619. The average Bonchev–Trinajstić information content (AvgIpc) is 2.35. The van der Waals surface area contributed by atoms with Crippen molar-refractivity contribution in [3.05, 3.63) is 40.4 Å². The monoisotopic (exact) mass is 246 g/mol. The lowest BCUT2D eigenvalue weighted by molar-refractivity contribution is -0.141. The standard InChI is InChI=1S/C13H14N2O3/c1-9(16)18-8-4-7-12-14-11-6-3-2-5-10(11)13(17)15-12/h2-3,5-6H,4,7-8H2,1H3,(H,14,15,17). The molecule has 1 aromatic carbocycles. The van der Waals surface area contributed by atoms with Gasteiger partial charge in [0.2, 0.25) is 0 Å². The summed E-state index contributed by atoms with van der Waals surface area (Å²) in [6.45, 7) is 1.71. The molecule has 0 bridgehead atoms. The van der Waals surface area contributed by atoms with Crippen LogP contribution in [0, 0.1) is 0 Å². The largest absolute Gasteiger partial charge is 0.466 e. The molecule has 0 atom stereocenters. The Labute approximate surface area is 104 Å². The minimum Gasteiger partial charge on any atom is -0.466 e. The van der Waals surface area contributed by atoms with Crippen molar-refractivity contribution in [3.63, 3.8) is 0 Å². The lowest BCUT2D eigenvalue weighted by atomic mass is 10.2. The normalized spacial score (nSPS) is 10.5. The number of aromatic nitrogens is 2. The number of aryl methyl sites for hydroxylation is 1. The fourth-order valence-electron chi connectivity index (χ4n) is 1.71. The van der Waals surface area contributed by atoms with E-state index in [1.165, 1.54) is 6.92 Å². The van der Waals surface area contributed by atoms with Crippen molar-refractivity contribution in [2.24, 2.45) is 0 Å². The molecule has 5 heteroatoms. The van der Waals surface area contributed by atoms with Crippen LogP contribution in [0.15, 0.2) is 29.1 Å². The first kappa shape index (κ1) is 12.3. The molecule has 1 heterocycles. The molecule has 2 rings (SSSR count). The van der Waals surface area contributed by atoms with E-state index >= 15 is 0 Å². The van der Waals surface area contributed by atoms with Crippen LogP contribution >= 0.6 is 0 Å². The van der Waals surface area contributed by atoms with Crippen LogP contribution in [0.25, 0.3) is 10.9 Å². The maximum atomic E-state index is 11.8. The molecular formula is C13H14N2O3. The summed E-state index contributed by atoms with van der Waals surface area (Å²) in [5.41, 5.74) is 0.548. The predicted molar refractivity (Wildman–Crippen MR) is 67.3 cm³/mol. The van der Waals surface area contributed by atoms with Gasteiger partial charge >= 0.3 is 5.97 Å². The number of hydrogen-bond acceptors (Lipinski definition) is 4. The predicted octanol–water partition coefficient (Wildman–Crippen LogP) is 1.42. The van der Waals surface area contributed by atoms with E-state index in [2.05, 4.69) is 9.97 Å². The summed E-state index contributed by atoms with van der Waals surface area (Å²) < 4.78 is 4.82. The molecular weight excluding hydrogens is 232 g/mol. The van der Waals surface area contributed by atoms with E-state index in [-0.39, 0.29) is 11.5 Å². The van der Waals surface area contributed by atoms with Gasteiger partial charge in [-0.15, -0.1) is 0 Å². The zero-order valence-corrected chi connectivity index (χ0v) is 10.1. The van der Waals surface area contributed by atoms with Gasteiger partial charge in [-0.25, -0.2) is 4.98 Å². The molecule has 94 valence electrons. The van der Waals surface area contributed by atoms with Crippen LogP contribution in [0.1, 0.15) is 19.2 Å². The molecule has 0 saturated carbocycles. The van der Waals surface area contributed by atoms with Gasteiger partial charge in [0, 0.05) is 13.3 Å². The molecule has 18 heavy (non-hydrogen) atoms. The molecule has 0 saturated heterocycles. The van der Waals surface area contributed by atoms with Crippen molar-refractivity contribution >= 4 is 16.9 Å². The van der Waals surface area contributed by atoms with E-state index in [0.717, 1.165) is 0 Å². The van der Waals surface area contributed by atoms with Crippen LogP contribution in [0.5, 0.6) is 0 Å². The van der Waals surface area contributed by atoms with E-state index < -0.39 is 0 Å². The van der Waals surface area contributed by atoms with Crippen molar-refractivity contribution in [3.8, 4) is 0 Å². The lowest BCUT2D eigenvalue weighted by Crippen LogP contribution is -2.12. The first-order valence-electron chi connectivity index (χ1n) is 5.78. The van der Waals surface area contributed by atoms with Crippen LogP contribution in [0.3, 0.4) is 0 Å². The number of nitrogens with one attached hydrogen (secondary N) is 1. The number of para-hydroxylation sites is 1. The Kier molecular flexibility index (Phi) is 3.72. The van der Waals surface area contributed by atoms with E-state index in [1.807, 2.05) is 6.07 Å². The van der Waals surface area contributed by atoms with E-state index in [9.17, 15) is 9.59 Å². The van der Waals surface area contributed by atoms with Crippen molar-refractivity contribution in [1.82, 2.24) is 9.97 Å². The first-order chi connectivity index (χ1) is 8.66. The van der Waals surface area contributed by atoms with Gasteiger partial charge in [0.25, 0.3) is 5.56 Å². The highest BCUT2D eigenvalue weighted by molar-refractivity contribution is 5.77. The van der Waals surface area contributed by atoms with Gasteiger partial charge in [-0.05, 0) is 18.6 Å². The summed E-state index contributed by atoms with van der Waals surface area (Å²) in [6.07, 6.45) is 1.22. The Morgan fingerprint density at radius 3 is 2.94 bits per heavy atom. The molecule has 1 aromatic heterocycles. The molecule has 5 nitrogen and oxygen atoms in total. The molecule has 0 radical (unpaired) electrons. The molecule has 0 aliphatic carbocycles. The SMILES string of the molecule is CC(=O)OCCCc1nc2ccccc2c(=O)[nH]1. The van der Waals surface area contributed by atoms with E-state index in [0.29, 0.717) is 36.2 Å². The van der Waals surface area contributed by atoms with Gasteiger partial charge in [-0.1, -0.05) is 12.1 Å². The number of H-pyrrole nitrogens is 1. The highest BCUT2D eigenvalue weighted by atomic mass is 16.5. The second kappa shape index (κ2) is 5.44. The van der Waals surface area contributed by atoms with Crippen molar-refractivity contribution in [1.29, 1.82) is 0 Å². The fraction of sp³-hybridized carbons (Fsp3) is 0.308. The maximum Gasteiger partial charge on any atom is 0.302 e. The third-order valence-electron chi connectivity index (χ3n) is 2.53. The number of hydrogen-bond donors (Lipinski definition) is 1. The molecule has 0 amide bonds. The van der Waals surface area contributed by atoms with Gasteiger partial charge in [-0.3, -0.25) is 9.59 Å². The fourth-order valence-corrected chi connectivity index (χ4v) is 1.71. The van der Waals surface area contributed by atoms with Crippen molar-refractivity contribution in [2.75, 3.05) is 6.61 Å². The van der Waals surface area contributed by atoms with Gasteiger partial charge < -0.3 is 9.72 Å². The zero-order valence-electron chi connectivity index (χ0n) is 10.1. The smallest absolute Gasteiger partial charge is 0.302 e. The van der Waals surface area contributed by atoms with Gasteiger partial charge in [0.1, 0.15) is 5.82 Å². The summed E-state index contributed by atoms with van der Waals surface area (Å²) in [7, 11) is 0. The highest BCUT2D eigenvalue weighted by Crippen LogP contribution is 2.06. The number of fused-ring (bicyclic) bond motifs is 1. The summed E-state index contributed by atoms with van der Waals surface area (Å²) in [6, 6.07) is 7.20. The minimum absolute atomic E-state index is 0.136. The number of benzene rings is 1. The van der Waals surface area contributed by atoms with E-state index in [4.69, 9.17) is 4.74 Å². The number of ether oxygens (including phenoxy) is 1. The van der Waals surface area contributed by atoms with Crippen molar-refractivity contribution in [2.45, 2.75) is 19.8 Å². The number of nitrogens with zero attached hydrogens (tertiary/aromatic N) is 1. The number of carbonyl (C=O) groups is 1. The molecule has 0 spiro atoms. The average molecular weight is 246 g/mol. The second-order valence-electron chi connectivity index (χ2n) is 3.97. The summed E-state index contributed by atoms with van der Waals surface area (Å²) in [5.74, 6) is 0.320. The van der Waals surface area contributed by atoms with Crippen LogP contribution in [-0.2, 0) is 16.0 Å². The topological polar surface area (TPSA) is 72.0 Å². The summed E-state index contributed by atoms with van der Waals surface area (Å²) in [4.78, 5) is 29.4. The number of rotatable bonds is 4. The van der Waals surface area contributed by atoms with Gasteiger partial charge in [0.15, 0.2) is 0 Å². The second-order valence-corrected chi connectivity index (χ2v) is 3.97. The minimum atomic E-state index is -0.296. The summed E-state index contributed by atoms with van der Waals surface area (Å²) >= 11 is 0. The van der Waals surface area contributed by atoms with Gasteiger partial charge in [0.05, 0.1) is 17.5 Å². The Morgan fingerprint density at radius 1 is 1.39 bits per heavy atom. The molecule has 0 aliphatic heterocycles.